The number of anilines is 1. The molecule has 3 heterocycles. The summed E-state index contributed by atoms with van der Waals surface area (Å²) in [5, 5.41) is 0. The molecule has 1 aromatic heterocycles. The third kappa shape index (κ3) is 4.13. The Morgan fingerprint density at radius 1 is 1.15 bits per heavy atom. The molecule has 26 heavy (non-hydrogen) atoms. The molecule has 1 aromatic rings. The van der Waals surface area contributed by atoms with Crippen LogP contribution in [0, 0.1) is 5.92 Å². The summed E-state index contributed by atoms with van der Waals surface area (Å²) in [6.45, 7) is 1.41. The standard InChI is InChI=1S/C17H24F2N4O3/c1-25-13-10-14(26-2)21-16(20-13)23-7-3-4-12(11-23)15(24)22-8-5-17(18,19)6-9-22/h10,12H,3-9,11H2,1-2H3. The SMILES string of the molecule is COc1cc(OC)nc(N2CCCC(C(=O)N3CCC(F)(F)CC3)C2)n1. The molecule has 2 aliphatic rings. The molecule has 3 rings (SSSR count). The zero-order valence-electron chi connectivity index (χ0n) is 15.1. The van der Waals surface area contributed by atoms with Crippen molar-refractivity contribution in [2.45, 2.75) is 31.6 Å². The van der Waals surface area contributed by atoms with Gasteiger partial charge < -0.3 is 19.3 Å². The Hall–Kier alpha value is -2.19. The van der Waals surface area contributed by atoms with Crippen molar-refractivity contribution in [3.8, 4) is 11.8 Å². The van der Waals surface area contributed by atoms with Gasteiger partial charge in [-0.1, -0.05) is 0 Å². The Morgan fingerprint density at radius 3 is 2.35 bits per heavy atom. The van der Waals surface area contributed by atoms with Crippen molar-refractivity contribution in [3.63, 3.8) is 0 Å². The second-order valence-electron chi connectivity index (χ2n) is 6.72. The van der Waals surface area contributed by atoms with Crippen LogP contribution in [0.5, 0.6) is 11.8 Å². The van der Waals surface area contributed by atoms with Gasteiger partial charge in [0, 0.05) is 39.0 Å². The van der Waals surface area contributed by atoms with Gasteiger partial charge in [0.25, 0.3) is 5.92 Å². The number of alkyl halides is 2. The lowest BCUT2D eigenvalue weighted by molar-refractivity contribution is -0.141. The van der Waals surface area contributed by atoms with Crippen LogP contribution in [-0.4, -0.2) is 67.1 Å². The average molecular weight is 370 g/mol. The highest BCUT2D eigenvalue weighted by Gasteiger charge is 2.38. The summed E-state index contributed by atoms with van der Waals surface area (Å²) in [4.78, 5) is 24.9. The quantitative estimate of drug-likeness (QED) is 0.807. The van der Waals surface area contributed by atoms with E-state index < -0.39 is 5.92 Å². The lowest BCUT2D eigenvalue weighted by Gasteiger charge is -2.37. The summed E-state index contributed by atoms with van der Waals surface area (Å²) in [5.74, 6) is -1.72. The number of halogens is 2. The molecule has 7 nitrogen and oxygen atoms in total. The summed E-state index contributed by atoms with van der Waals surface area (Å²) < 4.78 is 37.0. The number of aromatic nitrogens is 2. The van der Waals surface area contributed by atoms with E-state index in [0.717, 1.165) is 19.4 Å². The maximum absolute atomic E-state index is 13.3. The summed E-state index contributed by atoms with van der Waals surface area (Å²) in [6.07, 6.45) is 1.03. The van der Waals surface area contributed by atoms with E-state index in [0.29, 0.717) is 24.3 Å². The third-order valence-electron chi connectivity index (χ3n) is 4.95. The number of piperidine rings is 2. The second-order valence-corrected chi connectivity index (χ2v) is 6.72. The molecule has 0 bridgehead atoms. The molecule has 1 atom stereocenters. The van der Waals surface area contributed by atoms with Gasteiger partial charge in [-0.15, -0.1) is 0 Å². The molecular weight excluding hydrogens is 346 g/mol. The van der Waals surface area contributed by atoms with Gasteiger partial charge in [-0.2, -0.15) is 9.97 Å². The summed E-state index contributed by atoms with van der Waals surface area (Å²) in [5.41, 5.74) is 0. The lowest BCUT2D eigenvalue weighted by atomic mass is 9.95. The maximum atomic E-state index is 13.3. The molecule has 2 saturated heterocycles. The maximum Gasteiger partial charge on any atom is 0.251 e. The van der Waals surface area contributed by atoms with E-state index in [9.17, 15) is 13.6 Å². The van der Waals surface area contributed by atoms with Gasteiger partial charge in [-0.3, -0.25) is 4.79 Å². The monoisotopic (exact) mass is 370 g/mol. The van der Waals surface area contributed by atoms with Crippen molar-refractivity contribution >= 4 is 11.9 Å². The van der Waals surface area contributed by atoms with Gasteiger partial charge in [0.15, 0.2) is 0 Å². The number of nitrogens with zero attached hydrogens (tertiary/aromatic N) is 4. The first-order valence-electron chi connectivity index (χ1n) is 8.80. The number of amides is 1. The van der Waals surface area contributed by atoms with E-state index in [4.69, 9.17) is 9.47 Å². The number of carbonyl (C=O) groups is 1. The van der Waals surface area contributed by atoms with E-state index in [1.165, 1.54) is 14.2 Å². The van der Waals surface area contributed by atoms with Crippen LogP contribution in [0.4, 0.5) is 14.7 Å². The molecule has 0 aromatic carbocycles. The third-order valence-corrected chi connectivity index (χ3v) is 4.95. The van der Waals surface area contributed by atoms with Gasteiger partial charge >= 0.3 is 0 Å². The number of methoxy groups -OCH3 is 2. The van der Waals surface area contributed by atoms with Crippen LogP contribution in [-0.2, 0) is 4.79 Å². The largest absolute Gasteiger partial charge is 0.481 e. The molecule has 9 heteroatoms. The van der Waals surface area contributed by atoms with E-state index >= 15 is 0 Å². The normalized spacial score (nSPS) is 22.8. The van der Waals surface area contributed by atoms with E-state index in [-0.39, 0.29) is 37.8 Å². The van der Waals surface area contributed by atoms with Crippen molar-refractivity contribution in [1.82, 2.24) is 14.9 Å². The van der Waals surface area contributed by atoms with Crippen LogP contribution in [0.25, 0.3) is 0 Å². The predicted molar refractivity (Wildman–Crippen MR) is 90.8 cm³/mol. The molecule has 0 aliphatic carbocycles. The zero-order valence-corrected chi connectivity index (χ0v) is 15.1. The van der Waals surface area contributed by atoms with E-state index in [1.54, 1.807) is 11.0 Å². The molecule has 1 amide bonds. The van der Waals surface area contributed by atoms with Gasteiger partial charge in [0.1, 0.15) is 0 Å². The van der Waals surface area contributed by atoms with Gasteiger partial charge in [0.2, 0.25) is 23.6 Å². The Morgan fingerprint density at radius 2 is 1.77 bits per heavy atom. The average Bonchev–Trinajstić information content (AvgIpc) is 2.67. The van der Waals surface area contributed by atoms with Crippen LogP contribution >= 0.6 is 0 Å². The van der Waals surface area contributed by atoms with Crippen LogP contribution in [0.2, 0.25) is 0 Å². The van der Waals surface area contributed by atoms with Crippen molar-refractivity contribution < 1.29 is 23.0 Å². The first-order valence-corrected chi connectivity index (χ1v) is 8.80. The number of hydrogen-bond acceptors (Lipinski definition) is 6. The molecule has 0 spiro atoms. The van der Waals surface area contributed by atoms with Gasteiger partial charge in [-0.25, -0.2) is 8.78 Å². The van der Waals surface area contributed by atoms with E-state index in [1.807, 2.05) is 4.90 Å². The van der Waals surface area contributed by atoms with Gasteiger partial charge in [0.05, 0.1) is 26.2 Å². The Kier molecular flexibility index (Phi) is 5.43. The number of hydrogen-bond donors (Lipinski definition) is 0. The topological polar surface area (TPSA) is 67.8 Å². The first kappa shape index (κ1) is 18.6. The fraction of sp³-hybridized carbons (Fsp3) is 0.706. The number of ether oxygens (including phenoxy) is 2. The highest BCUT2D eigenvalue weighted by molar-refractivity contribution is 5.79. The predicted octanol–water partition coefficient (Wildman–Crippen LogP) is 1.97. The molecule has 2 aliphatic heterocycles. The zero-order chi connectivity index (χ0) is 18.7. The van der Waals surface area contributed by atoms with Gasteiger partial charge in [-0.05, 0) is 12.8 Å². The van der Waals surface area contributed by atoms with Crippen LogP contribution in [0.15, 0.2) is 6.07 Å². The van der Waals surface area contributed by atoms with Crippen LogP contribution in [0.1, 0.15) is 25.7 Å². The van der Waals surface area contributed by atoms with Crippen LogP contribution < -0.4 is 14.4 Å². The molecular formula is C17H24F2N4O3. The summed E-state index contributed by atoms with van der Waals surface area (Å²) in [6, 6.07) is 1.59. The van der Waals surface area contributed by atoms with Crippen molar-refractivity contribution in [3.05, 3.63) is 6.07 Å². The smallest absolute Gasteiger partial charge is 0.251 e. The minimum absolute atomic E-state index is 0.0555. The number of likely N-dealkylation sites (tertiary alicyclic amines) is 1. The first-order chi connectivity index (χ1) is 12.4. The fourth-order valence-electron chi connectivity index (χ4n) is 3.42. The number of carbonyl (C=O) groups excluding carboxylic acids is 1. The van der Waals surface area contributed by atoms with Crippen molar-refractivity contribution in [2.75, 3.05) is 45.3 Å². The van der Waals surface area contributed by atoms with E-state index in [2.05, 4.69) is 9.97 Å². The molecule has 1 unspecified atom stereocenters. The molecule has 144 valence electrons. The van der Waals surface area contributed by atoms with Crippen molar-refractivity contribution in [1.29, 1.82) is 0 Å². The summed E-state index contributed by atoms with van der Waals surface area (Å²) in [7, 11) is 3.03. The molecule has 0 radical (unpaired) electrons. The Balaban J connectivity index is 1.68. The minimum atomic E-state index is -2.65. The van der Waals surface area contributed by atoms with Crippen molar-refractivity contribution in [2.24, 2.45) is 5.92 Å². The number of rotatable bonds is 4. The second kappa shape index (κ2) is 7.59. The Labute approximate surface area is 151 Å². The molecule has 0 saturated carbocycles. The minimum Gasteiger partial charge on any atom is -0.481 e. The summed E-state index contributed by atoms with van der Waals surface area (Å²) >= 11 is 0. The van der Waals surface area contributed by atoms with Crippen LogP contribution in [0.3, 0.4) is 0 Å². The molecule has 2 fully saturated rings. The highest BCUT2D eigenvalue weighted by Crippen LogP contribution is 2.30. The molecule has 0 N–H and O–H groups in total. The fourth-order valence-corrected chi connectivity index (χ4v) is 3.42. The highest BCUT2D eigenvalue weighted by atomic mass is 19.3. The Bertz CT molecular complexity index is 627. The lowest BCUT2D eigenvalue weighted by Crippen LogP contribution is -2.49.